The molecular weight excluding hydrogens is 368 g/mol. The van der Waals surface area contributed by atoms with Crippen molar-refractivity contribution in [3.63, 3.8) is 0 Å². The lowest BCUT2D eigenvalue weighted by Crippen LogP contribution is -2.46. The van der Waals surface area contributed by atoms with E-state index in [-0.39, 0.29) is 12.0 Å². The highest BCUT2D eigenvalue weighted by molar-refractivity contribution is 6.30. The van der Waals surface area contributed by atoms with Crippen LogP contribution >= 0.6 is 11.6 Å². The first-order valence-corrected chi connectivity index (χ1v) is 8.51. The summed E-state index contributed by atoms with van der Waals surface area (Å²) in [5, 5.41) is 10.4. The van der Waals surface area contributed by atoms with Crippen LogP contribution in [0, 0.1) is 17.2 Å². The summed E-state index contributed by atoms with van der Waals surface area (Å²) in [6, 6.07) is 16.3. The second-order valence-electron chi connectivity index (χ2n) is 6.08. The van der Waals surface area contributed by atoms with Crippen molar-refractivity contribution in [2.24, 2.45) is 5.92 Å². The third-order valence-corrected chi connectivity index (χ3v) is 4.92. The normalized spacial score (nSPS) is 18.7. The van der Waals surface area contributed by atoms with Crippen LogP contribution in [0.5, 0.6) is 0 Å². The van der Waals surface area contributed by atoms with E-state index in [4.69, 9.17) is 16.3 Å². The number of hydrogen-bond donors (Lipinski definition) is 0. The van der Waals surface area contributed by atoms with Gasteiger partial charge < -0.3 is 4.74 Å². The third kappa shape index (κ3) is 2.96. The van der Waals surface area contributed by atoms with Gasteiger partial charge >= 0.3 is 5.97 Å². The first-order chi connectivity index (χ1) is 13.0. The molecular formula is C20H15ClN2O4. The van der Waals surface area contributed by atoms with Gasteiger partial charge in [-0.1, -0.05) is 41.9 Å². The van der Waals surface area contributed by atoms with Crippen LogP contribution < -0.4 is 4.90 Å². The summed E-state index contributed by atoms with van der Waals surface area (Å²) in [5.74, 6) is -3.20. The lowest BCUT2D eigenvalue weighted by molar-refractivity contribution is -0.149. The quantitative estimate of drug-likeness (QED) is 0.599. The number of amides is 2. The van der Waals surface area contributed by atoms with Gasteiger partial charge in [0.25, 0.3) is 0 Å². The molecule has 6 nitrogen and oxygen atoms in total. The van der Waals surface area contributed by atoms with Crippen LogP contribution in [-0.4, -0.2) is 24.9 Å². The number of carbonyl (C=O) groups excluding carboxylic acids is 3. The van der Waals surface area contributed by atoms with Crippen LogP contribution in [0.1, 0.15) is 12.0 Å². The summed E-state index contributed by atoms with van der Waals surface area (Å²) in [5.41, 5.74) is -1.31. The smallest absolute Gasteiger partial charge is 0.331 e. The molecule has 27 heavy (non-hydrogen) atoms. The van der Waals surface area contributed by atoms with Gasteiger partial charge in [-0.15, -0.1) is 0 Å². The maximum absolute atomic E-state index is 13.1. The summed E-state index contributed by atoms with van der Waals surface area (Å²) in [6.45, 7) is 0. The average Bonchev–Trinajstić information content (AvgIpc) is 2.99. The van der Waals surface area contributed by atoms with Crippen LogP contribution in [-0.2, 0) is 24.5 Å². The fourth-order valence-corrected chi connectivity index (χ4v) is 3.47. The van der Waals surface area contributed by atoms with E-state index in [0.717, 1.165) is 12.0 Å². The topological polar surface area (TPSA) is 87.5 Å². The number of nitrogens with zero attached hydrogens (tertiary/aromatic N) is 2. The number of halogens is 1. The number of nitriles is 1. The molecule has 0 saturated carbocycles. The van der Waals surface area contributed by atoms with Crippen molar-refractivity contribution in [2.45, 2.75) is 11.8 Å². The number of carbonyl (C=O) groups is 3. The summed E-state index contributed by atoms with van der Waals surface area (Å²) in [6.07, 6.45) is -0.279. The minimum Gasteiger partial charge on any atom is -0.468 e. The number of para-hydroxylation sites is 1. The number of benzene rings is 2. The largest absolute Gasteiger partial charge is 0.468 e. The number of anilines is 1. The van der Waals surface area contributed by atoms with E-state index in [0.29, 0.717) is 10.7 Å². The summed E-state index contributed by atoms with van der Waals surface area (Å²) in [7, 11) is 1.14. The minimum atomic E-state index is -1.95. The van der Waals surface area contributed by atoms with Gasteiger partial charge in [0.15, 0.2) is 5.41 Å². The van der Waals surface area contributed by atoms with E-state index in [2.05, 4.69) is 0 Å². The van der Waals surface area contributed by atoms with Crippen molar-refractivity contribution in [3.05, 3.63) is 65.2 Å². The van der Waals surface area contributed by atoms with E-state index < -0.39 is 29.1 Å². The monoisotopic (exact) mass is 382 g/mol. The Hall–Kier alpha value is -3.17. The molecule has 1 aliphatic heterocycles. The molecule has 2 amide bonds. The number of imide groups is 1. The third-order valence-electron chi connectivity index (χ3n) is 4.67. The lowest BCUT2D eigenvalue weighted by Gasteiger charge is -2.29. The molecule has 0 aromatic heterocycles. The number of methoxy groups -OCH3 is 1. The first kappa shape index (κ1) is 18.6. The molecule has 1 fully saturated rings. The van der Waals surface area contributed by atoms with Crippen molar-refractivity contribution in [3.8, 4) is 6.07 Å². The lowest BCUT2D eigenvalue weighted by atomic mass is 9.70. The van der Waals surface area contributed by atoms with Gasteiger partial charge in [-0.2, -0.15) is 5.26 Å². The maximum atomic E-state index is 13.1. The van der Waals surface area contributed by atoms with Gasteiger partial charge in [-0.3, -0.25) is 14.5 Å². The minimum absolute atomic E-state index is 0.252. The Bertz CT molecular complexity index is 937. The predicted octanol–water partition coefficient (Wildman–Crippen LogP) is 2.85. The number of esters is 1. The number of hydrogen-bond acceptors (Lipinski definition) is 5. The summed E-state index contributed by atoms with van der Waals surface area (Å²) in [4.78, 5) is 39.4. The van der Waals surface area contributed by atoms with Crippen molar-refractivity contribution in [1.82, 2.24) is 0 Å². The SMILES string of the molecule is COC(=O)[C@](C#N)(c1ccc(Cl)cc1)[C@@H]1CC(=O)N(c2ccccc2)C1=O. The Kier molecular flexibility index (Phi) is 4.98. The molecule has 3 rings (SSSR count). The molecule has 1 aliphatic rings. The van der Waals surface area contributed by atoms with E-state index in [9.17, 15) is 19.6 Å². The molecule has 0 aliphatic carbocycles. The van der Waals surface area contributed by atoms with E-state index in [1.54, 1.807) is 30.3 Å². The van der Waals surface area contributed by atoms with Gasteiger partial charge in [0, 0.05) is 11.4 Å². The van der Waals surface area contributed by atoms with Gasteiger partial charge in [-0.25, -0.2) is 4.79 Å². The first-order valence-electron chi connectivity index (χ1n) is 8.13. The standard InChI is InChI=1S/C20H15ClN2O4/c1-27-19(26)20(12-22,13-7-9-14(21)10-8-13)16-11-17(24)23(18(16)25)15-5-3-2-4-6-15/h2-10,16H,11H2,1H3/t16-,20-/m1/s1. The van der Waals surface area contributed by atoms with Gasteiger partial charge in [-0.05, 0) is 29.8 Å². The molecule has 1 saturated heterocycles. The zero-order valence-corrected chi connectivity index (χ0v) is 15.1. The van der Waals surface area contributed by atoms with E-state index in [1.165, 1.54) is 24.3 Å². The van der Waals surface area contributed by atoms with Gasteiger partial charge in [0.2, 0.25) is 11.8 Å². The second-order valence-corrected chi connectivity index (χ2v) is 6.51. The molecule has 0 bridgehead atoms. The molecule has 0 radical (unpaired) electrons. The molecule has 2 atom stereocenters. The van der Waals surface area contributed by atoms with Crippen LogP contribution in [0.25, 0.3) is 0 Å². The Labute approximate surface area is 160 Å². The van der Waals surface area contributed by atoms with Crippen LogP contribution in [0.3, 0.4) is 0 Å². The van der Waals surface area contributed by atoms with E-state index >= 15 is 0 Å². The molecule has 0 spiro atoms. The van der Waals surface area contributed by atoms with Crippen LogP contribution in [0.4, 0.5) is 5.69 Å². The second kappa shape index (κ2) is 7.22. The average molecular weight is 383 g/mol. The highest BCUT2D eigenvalue weighted by Gasteiger charge is 2.58. The highest BCUT2D eigenvalue weighted by atomic mass is 35.5. The molecule has 1 heterocycles. The number of rotatable bonds is 4. The molecule has 2 aromatic carbocycles. The molecule has 136 valence electrons. The Morgan fingerprint density at radius 1 is 1.19 bits per heavy atom. The zero-order chi connectivity index (χ0) is 19.6. The molecule has 7 heteroatoms. The highest BCUT2D eigenvalue weighted by Crippen LogP contribution is 2.41. The zero-order valence-electron chi connectivity index (χ0n) is 14.4. The summed E-state index contributed by atoms with van der Waals surface area (Å²) < 4.78 is 4.85. The van der Waals surface area contributed by atoms with Crippen molar-refractivity contribution < 1.29 is 19.1 Å². The van der Waals surface area contributed by atoms with Gasteiger partial charge in [0.05, 0.1) is 24.8 Å². The fraction of sp³-hybridized carbons (Fsp3) is 0.200. The van der Waals surface area contributed by atoms with Crippen LogP contribution in [0.15, 0.2) is 54.6 Å². The molecule has 2 aromatic rings. The van der Waals surface area contributed by atoms with Crippen molar-refractivity contribution in [1.29, 1.82) is 5.26 Å². The predicted molar refractivity (Wildman–Crippen MR) is 97.8 cm³/mol. The molecule has 0 unspecified atom stereocenters. The molecule has 0 N–H and O–H groups in total. The van der Waals surface area contributed by atoms with Crippen molar-refractivity contribution >= 4 is 35.1 Å². The Morgan fingerprint density at radius 2 is 1.81 bits per heavy atom. The van der Waals surface area contributed by atoms with E-state index in [1.807, 2.05) is 6.07 Å². The number of ether oxygens (including phenoxy) is 1. The Balaban J connectivity index is 2.12. The van der Waals surface area contributed by atoms with Gasteiger partial charge in [0.1, 0.15) is 0 Å². The Morgan fingerprint density at radius 3 is 2.37 bits per heavy atom. The van der Waals surface area contributed by atoms with Crippen molar-refractivity contribution in [2.75, 3.05) is 12.0 Å². The fourth-order valence-electron chi connectivity index (χ4n) is 3.34. The van der Waals surface area contributed by atoms with Crippen LogP contribution in [0.2, 0.25) is 5.02 Å². The summed E-state index contributed by atoms with van der Waals surface area (Å²) >= 11 is 5.90. The maximum Gasteiger partial charge on any atom is 0.331 e.